The molecule has 1 aliphatic rings. The Morgan fingerprint density at radius 3 is 2.80 bits per heavy atom. The van der Waals surface area contributed by atoms with Crippen LogP contribution in [0, 0.1) is 0 Å². The van der Waals surface area contributed by atoms with E-state index in [9.17, 15) is 4.79 Å². The van der Waals surface area contributed by atoms with Gasteiger partial charge < -0.3 is 5.32 Å². The van der Waals surface area contributed by atoms with E-state index in [2.05, 4.69) is 22.4 Å². The van der Waals surface area contributed by atoms with Crippen molar-refractivity contribution >= 4 is 17.5 Å². The molecular weight excluding hydrogens is 190 g/mol. The minimum absolute atomic E-state index is 0.107. The predicted molar refractivity (Wildman–Crippen MR) is 62.0 cm³/mol. The third-order valence-electron chi connectivity index (χ3n) is 2.05. The Labute approximate surface area is 90.2 Å². The summed E-state index contributed by atoms with van der Waals surface area (Å²) in [5, 5.41) is 10.4. The highest BCUT2D eigenvalue weighted by Gasteiger charge is 2.10. The molecule has 1 rings (SSSR count). The number of amidine groups is 1. The zero-order chi connectivity index (χ0) is 11.3. The molecule has 82 valence electrons. The van der Waals surface area contributed by atoms with Gasteiger partial charge in [0.25, 0.3) is 0 Å². The Kier molecular flexibility index (Phi) is 4.21. The van der Waals surface area contributed by atoms with Gasteiger partial charge in [-0.25, -0.2) is 0 Å². The van der Waals surface area contributed by atoms with E-state index in [0.29, 0.717) is 12.3 Å². The number of hydrogen-bond donors (Lipinski definition) is 1. The normalized spacial score (nSPS) is 16.1. The Balaban J connectivity index is 2.41. The lowest BCUT2D eigenvalue weighted by molar-refractivity contribution is -0.115. The molecule has 0 atom stereocenters. The number of carbonyl (C=O) groups excluding carboxylic acids is 1. The van der Waals surface area contributed by atoms with Crippen LogP contribution < -0.4 is 5.32 Å². The molecule has 0 aromatic heterocycles. The second-order valence-electron chi connectivity index (χ2n) is 3.79. The first-order valence-electron chi connectivity index (χ1n) is 5.20. The van der Waals surface area contributed by atoms with Crippen molar-refractivity contribution in [1.29, 1.82) is 0 Å². The number of nitrogens with one attached hydrogen (secondary N) is 1. The minimum atomic E-state index is -0.107. The average molecular weight is 207 g/mol. The first-order chi connectivity index (χ1) is 7.11. The van der Waals surface area contributed by atoms with Gasteiger partial charge in [-0.1, -0.05) is 18.9 Å². The number of hydrogen-bond acceptors (Lipinski definition) is 3. The lowest BCUT2D eigenvalue weighted by Crippen LogP contribution is -2.28. The molecule has 0 aromatic rings. The van der Waals surface area contributed by atoms with E-state index < -0.39 is 0 Å². The molecule has 4 heteroatoms. The molecule has 0 bridgehead atoms. The molecule has 0 aliphatic carbocycles. The van der Waals surface area contributed by atoms with Crippen LogP contribution in [-0.4, -0.2) is 17.5 Å². The molecule has 1 amide bonds. The summed E-state index contributed by atoms with van der Waals surface area (Å²) in [7, 11) is 0. The average Bonchev–Trinajstić information content (AvgIpc) is 2.51. The van der Waals surface area contributed by atoms with Gasteiger partial charge in [0.15, 0.2) is 0 Å². The fraction of sp³-hybridized carbons (Fsp3) is 0.545. The van der Waals surface area contributed by atoms with Crippen LogP contribution in [0.25, 0.3) is 0 Å². The zero-order valence-electron chi connectivity index (χ0n) is 9.50. The highest BCUT2D eigenvalue weighted by Crippen LogP contribution is 2.03. The van der Waals surface area contributed by atoms with Crippen LogP contribution >= 0.6 is 0 Å². The van der Waals surface area contributed by atoms with E-state index in [0.717, 1.165) is 24.1 Å². The van der Waals surface area contributed by atoms with Crippen LogP contribution in [0.5, 0.6) is 0 Å². The van der Waals surface area contributed by atoms with Crippen molar-refractivity contribution in [2.45, 2.75) is 40.0 Å². The molecule has 0 spiro atoms. The number of nitrogens with zero attached hydrogens (tertiary/aromatic N) is 2. The van der Waals surface area contributed by atoms with E-state index in [1.54, 1.807) is 6.08 Å². The van der Waals surface area contributed by atoms with Gasteiger partial charge >= 0.3 is 0 Å². The molecule has 4 nitrogen and oxygen atoms in total. The molecule has 0 unspecified atom stereocenters. The van der Waals surface area contributed by atoms with E-state index in [1.807, 2.05) is 13.8 Å². The summed E-state index contributed by atoms with van der Waals surface area (Å²) in [5.41, 5.74) is 2.02. The Morgan fingerprint density at radius 1 is 1.53 bits per heavy atom. The first-order valence-corrected chi connectivity index (χ1v) is 5.20. The smallest absolute Gasteiger partial charge is 0.249 e. The van der Waals surface area contributed by atoms with Crippen LogP contribution in [0.3, 0.4) is 0 Å². The molecule has 0 fully saturated rings. The van der Waals surface area contributed by atoms with Gasteiger partial charge in [-0.2, -0.15) is 5.10 Å². The molecular formula is C11H17N3O. The highest BCUT2D eigenvalue weighted by molar-refractivity contribution is 6.12. The standard InChI is InChI=1S/C11H17N3O/c1-4-5-8(2)6-11(15)12-10-7-9(3)13-14-10/h6H,4-5,7H2,1-3H3,(H,12,14,15)/b8-6+. The van der Waals surface area contributed by atoms with Crippen LogP contribution in [0.2, 0.25) is 0 Å². The summed E-state index contributed by atoms with van der Waals surface area (Å²) >= 11 is 0. The first kappa shape index (κ1) is 11.6. The van der Waals surface area contributed by atoms with E-state index >= 15 is 0 Å². The molecule has 0 saturated heterocycles. The SMILES string of the molecule is CCC/C(C)=C/C(=O)NC1=NN=C(C)C1. The van der Waals surface area contributed by atoms with Gasteiger partial charge in [-0.05, 0) is 20.3 Å². The quantitative estimate of drug-likeness (QED) is 0.707. The second-order valence-corrected chi connectivity index (χ2v) is 3.79. The molecule has 0 radical (unpaired) electrons. The van der Waals surface area contributed by atoms with Crippen molar-refractivity contribution in [3.05, 3.63) is 11.6 Å². The van der Waals surface area contributed by atoms with Gasteiger partial charge in [0.05, 0.1) is 0 Å². The van der Waals surface area contributed by atoms with Gasteiger partial charge in [-0.3, -0.25) is 4.79 Å². The van der Waals surface area contributed by atoms with Gasteiger partial charge in [0, 0.05) is 18.2 Å². The molecule has 1 heterocycles. The Hall–Kier alpha value is -1.45. The second kappa shape index (κ2) is 5.44. The third kappa shape index (κ3) is 4.06. The van der Waals surface area contributed by atoms with Crippen LogP contribution in [0.15, 0.2) is 21.9 Å². The summed E-state index contributed by atoms with van der Waals surface area (Å²) in [6.07, 6.45) is 4.28. The van der Waals surface area contributed by atoms with Crippen molar-refractivity contribution in [2.75, 3.05) is 0 Å². The number of rotatable bonds is 3. The van der Waals surface area contributed by atoms with Crippen molar-refractivity contribution < 1.29 is 4.79 Å². The minimum Gasteiger partial charge on any atom is -0.309 e. The lowest BCUT2D eigenvalue weighted by Gasteiger charge is -2.01. The molecule has 1 aliphatic heterocycles. The van der Waals surface area contributed by atoms with Crippen molar-refractivity contribution in [1.82, 2.24) is 5.32 Å². The molecule has 0 aromatic carbocycles. The van der Waals surface area contributed by atoms with Crippen molar-refractivity contribution in [2.24, 2.45) is 10.2 Å². The van der Waals surface area contributed by atoms with Gasteiger partial charge in [0.1, 0.15) is 5.84 Å². The van der Waals surface area contributed by atoms with Crippen LogP contribution in [-0.2, 0) is 4.79 Å². The maximum Gasteiger partial charge on any atom is 0.249 e. The molecule has 15 heavy (non-hydrogen) atoms. The van der Waals surface area contributed by atoms with Gasteiger partial charge in [-0.15, -0.1) is 5.10 Å². The van der Waals surface area contributed by atoms with Crippen LogP contribution in [0.4, 0.5) is 0 Å². The number of amides is 1. The fourth-order valence-corrected chi connectivity index (χ4v) is 1.40. The third-order valence-corrected chi connectivity index (χ3v) is 2.05. The lowest BCUT2D eigenvalue weighted by atomic mass is 10.1. The van der Waals surface area contributed by atoms with Crippen molar-refractivity contribution in [3.8, 4) is 0 Å². The topological polar surface area (TPSA) is 53.8 Å². The summed E-state index contributed by atoms with van der Waals surface area (Å²) in [4.78, 5) is 11.5. The van der Waals surface area contributed by atoms with Gasteiger partial charge in [0.2, 0.25) is 5.91 Å². The molecule has 1 N–H and O–H groups in total. The maximum atomic E-state index is 11.5. The summed E-state index contributed by atoms with van der Waals surface area (Å²) in [6.45, 7) is 5.94. The number of carbonyl (C=O) groups is 1. The monoisotopic (exact) mass is 207 g/mol. The largest absolute Gasteiger partial charge is 0.309 e. The maximum absolute atomic E-state index is 11.5. The predicted octanol–water partition coefficient (Wildman–Crippen LogP) is 2.03. The van der Waals surface area contributed by atoms with Crippen LogP contribution in [0.1, 0.15) is 40.0 Å². The summed E-state index contributed by atoms with van der Waals surface area (Å²) in [6, 6.07) is 0. The Morgan fingerprint density at radius 2 is 2.27 bits per heavy atom. The molecule has 0 saturated carbocycles. The van der Waals surface area contributed by atoms with E-state index in [4.69, 9.17) is 0 Å². The van der Waals surface area contributed by atoms with Crippen molar-refractivity contribution in [3.63, 3.8) is 0 Å². The highest BCUT2D eigenvalue weighted by atomic mass is 16.1. The van der Waals surface area contributed by atoms with E-state index in [1.165, 1.54) is 0 Å². The fourth-order valence-electron chi connectivity index (χ4n) is 1.40. The Bertz CT molecular complexity index is 340. The zero-order valence-corrected chi connectivity index (χ0v) is 9.50. The number of allylic oxidation sites excluding steroid dienone is 1. The summed E-state index contributed by atoms with van der Waals surface area (Å²) in [5.74, 6) is 0.530. The van der Waals surface area contributed by atoms with E-state index in [-0.39, 0.29) is 5.91 Å². The summed E-state index contributed by atoms with van der Waals surface area (Å²) < 4.78 is 0.